The molecular weight excluding hydrogens is 1070 g/mol. The van der Waals surface area contributed by atoms with Crippen molar-refractivity contribution in [3.63, 3.8) is 0 Å². The van der Waals surface area contributed by atoms with Gasteiger partial charge in [-0.05, 0) is 161 Å². The van der Waals surface area contributed by atoms with Gasteiger partial charge in [0.2, 0.25) is 0 Å². The Kier molecular flexibility index (Phi) is 21.0. The van der Waals surface area contributed by atoms with Crippen LogP contribution in [0.3, 0.4) is 0 Å². The van der Waals surface area contributed by atoms with E-state index < -0.39 is 8.07 Å². The number of ether oxygens (including phenoxy) is 2. The van der Waals surface area contributed by atoms with Crippen LogP contribution in [0, 0.1) is 28.7 Å². The Bertz CT molecular complexity index is 2860. The van der Waals surface area contributed by atoms with Crippen molar-refractivity contribution in [2.45, 2.75) is 223 Å². The van der Waals surface area contributed by atoms with Crippen molar-refractivity contribution in [3.05, 3.63) is 156 Å². The molecule has 0 aromatic heterocycles. The van der Waals surface area contributed by atoms with Crippen molar-refractivity contribution < 1.29 is 45.9 Å². The van der Waals surface area contributed by atoms with Gasteiger partial charge in [-0.1, -0.05) is 203 Å². The molecule has 0 amide bonds. The van der Waals surface area contributed by atoms with E-state index in [2.05, 4.69) is 277 Å². The molecule has 0 fully saturated rings. The largest absolute Gasteiger partial charge is 0.585 e. The molecule has 6 aromatic carbocycles. The predicted molar refractivity (Wildman–Crippen MR) is 351 cm³/mol. The van der Waals surface area contributed by atoms with Gasteiger partial charge in [0.15, 0.2) is 12.5 Å². The van der Waals surface area contributed by atoms with Crippen molar-refractivity contribution in [3.8, 4) is 67.5 Å². The van der Waals surface area contributed by atoms with Crippen LogP contribution in [-0.2, 0) is 58.7 Å². The van der Waals surface area contributed by atoms with E-state index in [0.717, 1.165) is 67.1 Å². The number of aliphatic hydroxyl groups is 2. The number of benzene rings is 6. The second kappa shape index (κ2) is 24.1. The summed E-state index contributed by atoms with van der Waals surface area (Å²) in [6, 6.07) is 35.8. The molecule has 0 bridgehead atoms. The minimum absolute atomic E-state index is 0. The van der Waals surface area contributed by atoms with Gasteiger partial charge in [0.05, 0.1) is 11.1 Å². The molecule has 0 unspecified atom stereocenters. The maximum Gasteiger partial charge on any atom is 0.272 e. The van der Waals surface area contributed by atoms with Crippen LogP contribution in [0.15, 0.2) is 97.1 Å². The number of phenolic OH excluding ortho intramolecular Hbond substituents is 2. The minimum Gasteiger partial charge on any atom is -0.585 e. The minimum atomic E-state index is -2.64. The first-order valence-electron chi connectivity index (χ1n) is 28.5. The van der Waals surface area contributed by atoms with Gasteiger partial charge < -0.3 is 34.5 Å². The number of aromatic hydroxyl groups is 4. The van der Waals surface area contributed by atoms with Crippen molar-refractivity contribution in [2.24, 2.45) is 0 Å². The first-order valence-corrected chi connectivity index (χ1v) is 30.9. The molecule has 0 saturated carbocycles. The Hall–Kier alpha value is -4.38. The second-order valence-corrected chi connectivity index (χ2v) is 37.0. The zero-order chi connectivity index (χ0) is 58.2. The van der Waals surface area contributed by atoms with Gasteiger partial charge in [-0.15, -0.1) is 0 Å². The average molecular weight is 1180 g/mol. The monoisotopic (exact) mass is 1180 g/mol. The van der Waals surface area contributed by atoms with E-state index in [9.17, 15) is 10.2 Å². The molecular formula is C74H108O4SiZr. The first-order chi connectivity index (χ1) is 34.8. The van der Waals surface area contributed by atoms with E-state index in [0.29, 0.717) is 12.5 Å². The first kappa shape index (κ1) is 69.9. The third-order valence-corrected chi connectivity index (χ3v) is 23.8. The van der Waals surface area contributed by atoms with Gasteiger partial charge in [0.1, 0.15) is 11.5 Å². The smallest absolute Gasteiger partial charge is 0.272 e. The predicted octanol–water partition coefficient (Wildman–Crippen LogP) is 21.4. The van der Waals surface area contributed by atoms with E-state index in [1.165, 1.54) is 33.4 Å². The van der Waals surface area contributed by atoms with E-state index >= 15 is 0 Å². The molecule has 6 heteroatoms. The van der Waals surface area contributed by atoms with Gasteiger partial charge in [-0.25, -0.2) is 0 Å². The molecule has 0 radical (unpaired) electrons. The van der Waals surface area contributed by atoms with Crippen molar-refractivity contribution in [1.29, 1.82) is 0 Å². The Morgan fingerprint density at radius 1 is 0.325 bits per heavy atom. The molecule has 0 atom stereocenters. The standard InChI is InChI=1S/C72H100O4Si.2CH3.Zr/c1-45-31-55(47-35-51(67(9,10)11)39-52(36-47)68(12,13)14)63(73)59(33-45)57-41-49(65(3,4)5)27-29-61(57)75-43-77(71(21,22)23,72(24,25)26)44-76-62-30-28-50(66(6,7)8)42-58(62)60-34-46(2)32-56(64(60)74)48-37-53(69(15,16)17)40-54(38-48)70(18,19)20;;;/h27-42,73-74H,43-44H2,1-26H3;2*1H3;/q;2*-1;/p+2. The Labute approximate surface area is 509 Å². The number of hydrogen-bond acceptors (Lipinski definition) is 2. The molecule has 6 aromatic rings. The van der Waals surface area contributed by atoms with Crippen LogP contribution in [0.2, 0.25) is 10.1 Å². The van der Waals surface area contributed by atoms with Crippen LogP contribution >= 0.6 is 0 Å². The molecule has 0 saturated heterocycles. The van der Waals surface area contributed by atoms with Crippen molar-refractivity contribution >= 4 is 8.07 Å². The number of hydrogen-bond donors (Lipinski definition) is 2. The fourth-order valence-electron chi connectivity index (χ4n) is 11.0. The third kappa shape index (κ3) is 15.2. The van der Waals surface area contributed by atoms with E-state index in [1.807, 2.05) is 0 Å². The Morgan fingerprint density at radius 3 is 0.812 bits per heavy atom. The van der Waals surface area contributed by atoms with Crippen LogP contribution in [0.5, 0.6) is 23.0 Å². The summed E-state index contributed by atoms with van der Waals surface area (Å²) in [4.78, 5) is 0. The molecule has 436 valence electrons. The summed E-state index contributed by atoms with van der Waals surface area (Å²) in [5, 5.41) is 25.3. The van der Waals surface area contributed by atoms with Crippen LogP contribution in [-0.4, -0.2) is 40.2 Å². The summed E-state index contributed by atoms with van der Waals surface area (Å²) >= 11 is 0. The summed E-state index contributed by atoms with van der Waals surface area (Å²) in [6.07, 6.45) is 1.26. The molecule has 6 rings (SSSR count). The van der Waals surface area contributed by atoms with Gasteiger partial charge in [-0.2, -0.15) is 0 Å². The second-order valence-electron chi connectivity index (χ2n) is 31.2. The van der Waals surface area contributed by atoms with E-state index in [4.69, 9.17) is 9.47 Å². The number of aryl methyl sites for hydroxylation is 2. The molecule has 0 heterocycles. The maximum absolute atomic E-state index is 12.8. The summed E-state index contributed by atoms with van der Waals surface area (Å²) in [5.74, 6) is 2.32. The molecule has 80 heavy (non-hydrogen) atoms. The van der Waals surface area contributed by atoms with E-state index in [1.54, 1.807) is 0 Å². The molecule has 0 aliphatic carbocycles. The van der Waals surface area contributed by atoms with Gasteiger partial charge in [0, 0.05) is 60.6 Å². The SMILES string of the molecule is Cc1cc(-c2cc(C(C)(C)C)cc(C(C)(C)C)c2)c(O)c(-c2cc(C(C)(C)C)ccc2[OH+]C[Si](C[OH+]c2ccc(C(C)(C)C)cc2-c2cc(C)cc(-c3cc(C(C)(C)C)cc(C(C)(C)C)c3)c2O)(C(C)(C)C)C(C)(C)C)c1.[CH3-].[CH3-].[Zr]. The average Bonchev–Trinajstić information content (AvgIpc) is 3.27. The van der Waals surface area contributed by atoms with E-state index in [-0.39, 0.29) is 95.1 Å². The molecule has 0 spiro atoms. The van der Waals surface area contributed by atoms with Crippen LogP contribution in [0.1, 0.15) is 211 Å². The number of phenols is 2. The zero-order valence-electron chi connectivity index (χ0n) is 55.4. The molecule has 0 aliphatic rings. The van der Waals surface area contributed by atoms with Crippen LogP contribution < -0.4 is 0 Å². The summed E-state index contributed by atoms with van der Waals surface area (Å²) < 4.78 is 11.6. The third-order valence-electron chi connectivity index (χ3n) is 16.7. The Balaban J connectivity index is 0.00000560. The normalized spacial score (nSPS) is 13.0. The maximum atomic E-state index is 12.8. The van der Waals surface area contributed by atoms with Crippen LogP contribution in [0.25, 0.3) is 44.5 Å². The fraction of sp³-hybridized carbons (Fsp3) is 0.486. The number of rotatable bonds is 10. The quantitative estimate of drug-likeness (QED) is 0.0815. The summed E-state index contributed by atoms with van der Waals surface area (Å²) in [6.45, 7) is 59.3. The topological polar surface area (TPSA) is 66.1 Å². The van der Waals surface area contributed by atoms with Gasteiger partial charge >= 0.3 is 0 Å². The summed E-state index contributed by atoms with van der Waals surface area (Å²) in [5.41, 5.74) is 16.2. The van der Waals surface area contributed by atoms with Crippen molar-refractivity contribution in [1.82, 2.24) is 0 Å². The molecule has 4 N–H and O–H groups in total. The fourth-order valence-corrected chi connectivity index (χ4v) is 16.1. The van der Waals surface area contributed by atoms with Crippen molar-refractivity contribution in [2.75, 3.05) is 12.5 Å². The molecule has 0 aliphatic heterocycles. The Morgan fingerprint density at radius 2 is 0.575 bits per heavy atom. The van der Waals surface area contributed by atoms with Gasteiger partial charge in [-0.3, -0.25) is 0 Å². The van der Waals surface area contributed by atoms with Gasteiger partial charge in [0.25, 0.3) is 19.6 Å². The summed E-state index contributed by atoms with van der Waals surface area (Å²) in [7, 11) is -2.64. The van der Waals surface area contributed by atoms with Crippen LogP contribution in [0.4, 0.5) is 0 Å². The zero-order valence-corrected chi connectivity index (χ0v) is 58.9. The molecule has 4 nitrogen and oxygen atoms in total.